The van der Waals surface area contributed by atoms with Crippen LogP contribution >= 0.6 is 0 Å². The molecule has 0 saturated carbocycles. The second-order valence-corrected chi connectivity index (χ2v) is 6.62. The zero-order valence-electron chi connectivity index (χ0n) is 12.7. The number of furan rings is 1. The highest BCUT2D eigenvalue weighted by Crippen LogP contribution is 2.39. The van der Waals surface area contributed by atoms with Crippen LogP contribution in [0.1, 0.15) is 33.5 Å². The van der Waals surface area contributed by atoms with Crippen LogP contribution in [-0.4, -0.2) is 36.3 Å². The van der Waals surface area contributed by atoms with E-state index in [1.807, 2.05) is 12.1 Å². The minimum atomic E-state index is -0.271. The van der Waals surface area contributed by atoms with Crippen molar-refractivity contribution < 1.29 is 13.7 Å². The van der Waals surface area contributed by atoms with Crippen LogP contribution in [0.15, 0.2) is 34.4 Å². The maximum Gasteiger partial charge on any atom is 0.491 e. The summed E-state index contributed by atoms with van der Waals surface area (Å²) in [7, 11) is -0.221. The number of rotatable bonds is 3. The Morgan fingerprint density at radius 1 is 1.20 bits per heavy atom. The molecule has 5 heteroatoms. The third-order valence-corrected chi connectivity index (χ3v) is 4.53. The Bertz CT molecular complexity index is 491. The zero-order valence-corrected chi connectivity index (χ0v) is 12.7. The topological polar surface area (TPSA) is 34.8 Å². The number of nitrogens with zero attached hydrogens (tertiary/aromatic N) is 1. The summed E-state index contributed by atoms with van der Waals surface area (Å²) in [6, 6.07) is 3.93. The van der Waals surface area contributed by atoms with Crippen molar-refractivity contribution >= 4 is 7.12 Å². The summed E-state index contributed by atoms with van der Waals surface area (Å²) in [5.74, 6) is 0.994. The Labute approximate surface area is 120 Å². The van der Waals surface area contributed by atoms with Crippen LogP contribution in [0, 0.1) is 0 Å². The summed E-state index contributed by atoms with van der Waals surface area (Å²) >= 11 is 0. The van der Waals surface area contributed by atoms with Crippen molar-refractivity contribution in [2.45, 2.75) is 45.4 Å². The Kier molecular flexibility index (Phi) is 3.31. The van der Waals surface area contributed by atoms with Crippen LogP contribution in [0.25, 0.3) is 0 Å². The molecule has 0 amide bonds. The van der Waals surface area contributed by atoms with E-state index in [9.17, 15) is 0 Å². The molecule has 2 aliphatic rings. The first-order chi connectivity index (χ1) is 9.37. The van der Waals surface area contributed by atoms with Gasteiger partial charge in [-0.3, -0.25) is 4.90 Å². The van der Waals surface area contributed by atoms with Crippen LogP contribution in [0.2, 0.25) is 0 Å². The average Bonchev–Trinajstić information content (AvgIpc) is 3.02. The molecule has 0 radical (unpaired) electrons. The van der Waals surface area contributed by atoms with E-state index in [-0.39, 0.29) is 18.3 Å². The lowest BCUT2D eigenvalue weighted by molar-refractivity contribution is 0.00578. The van der Waals surface area contributed by atoms with Crippen molar-refractivity contribution in [1.82, 2.24) is 4.90 Å². The molecule has 3 heterocycles. The molecule has 20 heavy (non-hydrogen) atoms. The minimum absolute atomic E-state index is 0.221. The summed E-state index contributed by atoms with van der Waals surface area (Å²) in [6.07, 6.45) is 3.93. The highest BCUT2D eigenvalue weighted by Gasteiger charge is 2.52. The van der Waals surface area contributed by atoms with Crippen molar-refractivity contribution in [2.75, 3.05) is 13.1 Å². The van der Waals surface area contributed by atoms with E-state index in [1.165, 1.54) is 5.47 Å². The molecule has 0 N–H and O–H groups in total. The highest BCUT2D eigenvalue weighted by atomic mass is 16.7. The predicted octanol–water partition coefficient (Wildman–Crippen LogP) is 2.65. The van der Waals surface area contributed by atoms with E-state index in [1.54, 1.807) is 6.26 Å². The highest BCUT2D eigenvalue weighted by molar-refractivity contribution is 6.54. The Hall–Kier alpha value is -1.04. The first kappa shape index (κ1) is 13.9. The molecule has 2 aliphatic heterocycles. The molecule has 0 spiro atoms. The van der Waals surface area contributed by atoms with Gasteiger partial charge in [0, 0.05) is 13.1 Å². The van der Waals surface area contributed by atoms with E-state index in [0.717, 1.165) is 25.4 Å². The molecule has 3 rings (SSSR count). The van der Waals surface area contributed by atoms with Gasteiger partial charge in [-0.1, -0.05) is 6.08 Å². The second-order valence-electron chi connectivity index (χ2n) is 6.62. The monoisotopic (exact) mass is 275 g/mol. The number of hydrogen-bond donors (Lipinski definition) is 0. The second kappa shape index (κ2) is 4.76. The van der Waals surface area contributed by atoms with E-state index in [2.05, 4.69) is 38.7 Å². The molecule has 1 fully saturated rings. The third kappa shape index (κ3) is 2.46. The molecule has 0 bridgehead atoms. The quantitative estimate of drug-likeness (QED) is 0.794. The van der Waals surface area contributed by atoms with Crippen molar-refractivity contribution in [3.8, 4) is 0 Å². The SMILES string of the molecule is CC1(C)OB(C2=CCN(Cc3ccco3)C2)OC1(C)C. The van der Waals surface area contributed by atoms with Crippen LogP contribution in [0.5, 0.6) is 0 Å². The fourth-order valence-electron chi connectivity index (χ4n) is 2.54. The summed E-state index contributed by atoms with van der Waals surface area (Å²) in [5, 5.41) is 0. The normalized spacial score (nSPS) is 25.2. The van der Waals surface area contributed by atoms with E-state index >= 15 is 0 Å². The first-order valence-corrected chi connectivity index (χ1v) is 7.17. The first-order valence-electron chi connectivity index (χ1n) is 7.17. The van der Waals surface area contributed by atoms with Crippen LogP contribution in [0.3, 0.4) is 0 Å². The van der Waals surface area contributed by atoms with Crippen molar-refractivity contribution in [3.63, 3.8) is 0 Å². The molecule has 1 aromatic rings. The molecule has 1 saturated heterocycles. The van der Waals surface area contributed by atoms with Gasteiger partial charge in [-0.25, -0.2) is 0 Å². The largest absolute Gasteiger partial charge is 0.491 e. The zero-order chi connectivity index (χ0) is 14.4. The maximum absolute atomic E-state index is 6.09. The Morgan fingerprint density at radius 3 is 2.50 bits per heavy atom. The molecule has 1 aromatic heterocycles. The lowest BCUT2D eigenvalue weighted by Crippen LogP contribution is -2.41. The van der Waals surface area contributed by atoms with Gasteiger partial charge in [0.15, 0.2) is 0 Å². The van der Waals surface area contributed by atoms with E-state index in [0.29, 0.717) is 0 Å². The van der Waals surface area contributed by atoms with Gasteiger partial charge in [-0.15, -0.1) is 0 Å². The molecule has 4 nitrogen and oxygen atoms in total. The summed E-state index contributed by atoms with van der Waals surface area (Å²) in [6.45, 7) is 11.0. The fourth-order valence-corrected chi connectivity index (χ4v) is 2.54. The van der Waals surface area contributed by atoms with Gasteiger partial charge in [0.05, 0.1) is 24.0 Å². The Balaban J connectivity index is 1.61. The minimum Gasteiger partial charge on any atom is -0.468 e. The van der Waals surface area contributed by atoms with Gasteiger partial charge in [0.2, 0.25) is 0 Å². The third-order valence-electron chi connectivity index (χ3n) is 4.53. The standard InChI is InChI=1S/C15H22BNO3/c1-14(2)15(3,4)20-16(19-14)12-7-8-17(10-12)11-13-6-5-9-18-13/h5-7,9H,8,10-11H2,1-4H3. The van der Waals surface area contributed by atoms with Gasteiger partial charge < -0.3 is 13.7 Å². The fraction of sp³-hybridized carbons (Fsp3) is 0.600. The van der Waals surface area contributed by atoms with Crippen LogP contribution in [0.4, 0.5) is 0 Å². The Morgan fingerprint density at radius 2 is 1.90 bits per heavy atom. The average molecular weight is 275 g/mol. The van der Waals surface area contributed by atoms with Gasteiger partial charge in [0.25, 0.3) is 0 Å². The summed E-state index contributed by atoms with van der Waals surface area (Å²) < 4.78 is 17.6. The maximum atomic E-state index is 6.09. The van der Waals surface area contributed by atoms with Crippen LogP contribution < -0.4 is 0 Å². The van der Waals surface area contributed by atoms with E-state index < -0.39 is 0 Å². The van der Waals surface area contributed by atoms with Crippen LogP contribution in [-0.2, 0) is 15.9 Å². The van der Waals surface area contributed by atoms with Crippen molar-refractivity contribution in [2.24, 2.45) is 0 Å². The predicted molar refractivity (Wildman–Crippen MR) is 78.2 cm³/mol. The lowest BCUT2D eigenvalue weighted by Gasteiger charge is -2.32. The van der Waals surface area contributed by atoms with Gasteiger partial charge >= 0.3 is 7.12 Å². The molecule has 0 unspecified atom stereocenters. The lowest BCUT2D eigenvalue weighted by atomic mass is 9.79. The molecule has 0 aromatic carbocycles. The molecule has 0 aliphatic carbocycles. The molecular formula is C15H22BNO3. The van der Waals surface area contributed by atoms with Crippen molar-refractivity contribution in [3.05, 3.63) is 35.7 Å². The van der Waals surface area contributed by atoms with Gasteiger partial charge in [-0.2, -0.15) is 0 Å². The smallest absolute Gasteiger partial charge is 0.468 e. The van der Waals surface area contributed by atoms with Gasteiger partial charge in [0.1, 0.15) is 5.76 Å². The van der Waals surface area contributed by atoms with Gasteiger partial charge in [-0.05, 0) is 45.3 Å². The molecule has 108 valence electrons. The summed E-state index contributed by atoms with van der Waals surface area (Å²) in [5.41, 5.74) is 0.676. The van der Waals surface area contributed by atoms with E-state index in [4.69, 9.17) is 13.7 Å². The molecule has 0 atom stereocenters. The summed E-state index contributed by atoms with van der Waals surface area (Å²) in [4.78, 5) is 2.32. The molecular weight excluding hydrogens is 253 g/mol. The van der Waals surface area contributed by atoms with Crippen molar-refractivity contribution in [1.29, 1.82) is 0 Å². The number of hydrogen-bond acceptors (Lipinski definition) is 4.